The highest BCUT2D eigenvalue weighted by atomic mass is 16.4. The van der Waals surface area contributed by atoms with Gasteiger partial charge >= 0.3 is 5.97 Å². The van der Waals surface area contributed by atoms with Gasteiger partial charge in [0, 0.05) is 26.1 Å². The van der Waals surface area contributed by atoms with Gasteiger partial charge in [-0.3, -0.25) is 4.79 Å². The van der Waals surface area contributed by atoms with Gasteiger partial charge in [0.05, 0.1) is 0 Å². The van der Waals surface area contributed by atoms with Gasteiger partial charge in [-0.25, -0.2) is 4.79 Å². The smallest absolute Gasteiger partial charge is 0.327 e. The molecule has 0 aromatic carbocycles. The van der Waals surface area contributed by atoms with Gasteiger partial charge in [-0.05, 0) is 20.9 Å². The van der Waals surface area contributed by atoms with Crippen LogP contribution in [0.4, 0.5) is 0 Å². The topological polar surface area (TPSA) is 60.9 Å². The van der Waals surface area contributed by atoms with Crippen molar-refractivity contribution in [1.82, 2.24) is 9.80 Å². The number of likely N-dealkylation sites (N-methyl/N-ethyl adjacent to an activating group) is 2. The number of carbonyl (C=O) groups is 2. The van der Waals surface area contributed by atoms with Crippen LogP contribution in [0.3, 0.4) is 0 Å². The van der Waals surface area contributed by atoms with Crippen LogP contribution in [0.15, 0.2) is 0 Å². The Hall–Kier alpha value is -1.10. The molecule has 16 heavy (non-hydrogen) atoms. The average Bonchev–Trinajstić information content (AvgIpc) is 2.22. The molecule has 94 valence electrons. The Morgan fingerprint density at radius 2 is 1.75 bits per heavy atom. The normalized spacial score (nSPS) is 12.9. The van der Waals surface area contributed by atoms with Crippen LogP contribution in [0.5, 0.6) is 0 Å². The molecule has 0 bridgehead atoms. The van der Waals surface area contributed by atoms with Crippen LogP contribution in [-0.2, 0) is 9.59 Å². The molecule has 5 heteroatoms. The number of carbonyl (C=O) groups excluding carboxylic acids is 1. The van der Waals surface area contributed by atoms with Crippen LogP contribution < -0.4 is 0 Å². The van der Waals surface area contributed by atoms with Crippen molar-refractivity contribution in [2.24, 2.45) is 0 Å². The maximum Gasteiger partial charge on any atom is 0.327 e. The highest BCUT2D eigenvalue weighted by Gasteiger charge is 2.27. The fourth-order valence-corrected chi connectivity index (χ4v) is 1.27. The number of hydrogen-bond donors (Lipinski definition) is 1. The molecule has 0 aromatic heterocycles. The highest BCUT2D eigenvalue weighted by molar-refractivity contribution is 5.83. The van der Waals surface area contributed by atoms with Gasteiger partial charge in [-0.2, -0.15) is 0 Å². The lowest BCUT2D eigenvalue weighted by Gasteiger charge is -2.30. The standard InChI is InChI=1S/C11H22N2O3/c1-6-10(14)13(5)9(11(15)16)7-12(4)8(2)3/h8-9H,6-7H2,1-5H3,(H,15,16). The Bertz CT molecular complexity index is 254. The van der Waals surface area contributed by atoms with Crippen molar-refractivity contribution in [3.63, 3.8) is 0 Å². The Morgan fingerprint density at radius 3 is 2.06 bits per heavy atom. The molecule has 1 atom stereocenters. The average molecular weight is 230 g/mol. The van der Waals surface area contributed by atoms with E-state index in [9.17, 15) is 9.59 Å². The Balaban J connectivity index is 4.62. The van der Waals surface area contributed by atoms with Gasteiger partial charge in [0.2, 0.25) is 5.91 Å². The Kier molecular flexibility index (Phi) is 6.03. The molecular formula is C11H22N2O3. The largest absolute Gasteiger partial charge is 0.480 e. The molecule has 0 saturated heterocycles. The van der Waals surface area contributed by atoms with Crippen molar-refractivity contribution in [3.8, 4) is 0 Å². The van der Waals surface area contributed by atoms with Crippen molar-refractivity contribution in [3.05, 3.63) is 0 Å². The molecule has 0 heterocycles. The minimum atomic E-state index is -0.961. The summed E-state index contributed by atoms with van der Waals surface area (Å²) >= 11 is 0. The third-order valence-electron chi connectivity index (χ3n) is 2.79. The number of carboxylic acid groups (broad SMARTS) is 1. The second-order valence-electron chi connectivity index (χ2n) is 4.25. The first kappa shape index (κ1) is 14.9. The highest BCUT2D eigenvalue weighted by Crippen LogP contribution is 2.04. The lowest BCUT2D eigenvalue weighted by Crippen LogP contribution is -2.49. The van der Waals surface area contributed by atoms with Gasteiger partial charge in [0.15, 0.2) is 0 Å². The van der Waals surface area contributed by atoms with E-state index < -0.39 is 12.0 Å². The fourth-order valence-electron chi connectivity index (χ4n) is 1.27. The van der Waals surface area contributed by atoms with E-state index in [-0.39, 0.29) is 11.9 Å². The quantitative estimate of drug-likeness (QED) is 0.727. The molecule has 0 aliphatic carbocycles. The summed E-state index contributed by atoms with van der Waals surface area (Å²) in [5, 5.41) is 9.10. The Morgan fingerprint density at radius 1 is 1.25 bits per heavy atom. The van der Waals surface area contributed by atoms with Gasteiger partial charge in [-0.15, -0.1) is 0 Å². The van der Waals surface area contributed by atoms with Crippen molar-refractivity contribution in [2.45, 2.75) is 39.3 Å². The van der Waals surface area contributed by atoms with E-state index in [1.54, 1.807) is 14.0 Å². The molecule has 0 saturated carbocycles. The van der Waals surface area contributed by atoms with Gasteiger partial charge in [0.1, 0.15) is 6.04 Å². The minimum Gasteiger partial charge on any atom is -0.480 e. The molecule has 0 aliphatic rings. The molecule has 1 unspecified atom stereocenters. The molecule has 0 rings (SSSR count). The van der Waals surface area contributed by atoms with E-state index in [0.29, 0.717) is 13.0 Å². The summed E-state index contributed by atoms with van der Waals surface area (Å²) in [6.07, 6.45) is 0.325. The van der Waals surface area contributed by atoms with Gasteiger partial charge in [-0.1, -0.05) is 6.92 Å². The van der Waals surface area contributed by atoms with E-state index in [1.165, 1.54) is 4.90 Å². The van der Waals surface area contributed by atoms with Crippen molar-refractivity contribution >= 4 is 11.9 Å². The predicted molar refractivity (Wildman–Crippen MR) is 62.3 cm³/mol. The Labute approximate surface area is 97.0 Å². The molecule has 1 amide bonds. The predicted octanol–water partition coefficient (Wildman–Crippen LogP) is 0.648. The fraction of sp³-hybridized carbons (Fsp3) is 0.818. The van der Waals surface area contributed by atoms with Crippen LogP contribution in [0, 0.1) is 0 Å². The van der Waals surface area contributed by atoms with E-state index >= 15 is 0 Å². The second kappa shape index (κ2) is 6.48. The summed E-state index contributed by atoms with van der Waals surface area (Å²) in [6, 6.07) is -0.521. The zero-order valence-electron chi connectivity index (χ0n) is 10.7. The first-order valence-electron chi connectivity index (χ1n) is 5.49. The number of amides is 1. The molecular weight excluding hydrogens is 208 g/mol. The van der Waals surface area contributed by atoms with Crippen LogP contribution >= 0.6 is 0 Å². The van der Waals surface area contributed by atoms with Crippen molar-refractivity contribution in [2.75, 3.05) is 20.6 Å². The molecule has 5 nitrogen and oxygen atoms in total. The van der Waals surface area contributed by atoms with E-state index in [4.69, 9.17) is 5.11 Å². The SMILES string of the molecule is CCC(=O)N(C)C(CN(C)C(C)C)C(=O)O. The maximum absolute atomic E-state index is 11.5. The number of rotatable bonds is 6. The first-order valence-corrected chi connectivity index (χ1v) is 5.49. The zero-order chi connectivity index (χ0) is 12.9. The summed E-state index contributed by atoms with van der Waals surface area (Å²) in [4.78, 5) is 25.8. The molecule has 0 aliphatic heterocycles. The number of nitrogens with zero attached hydrogens (tertiary/aromatic N) is 2. The number of carboxylic acids is 1. The lowest BCUT2D eigenvalue weighted by atomic mass is 10.2. The number of hydrogen-bond acceptors (Lipinski definition) is 3. The second-order valence-corrected chi connectivity index (χ2v) is 4.25. The molecule has 0 aromatic rings. The monoisotopic (exact) mass is 230 g/mol. The summed E-state index contributed by atoms with van der Waals surface area (Å²) in [7, 11) is 3.39. The lowest BCUT2D eigenvalue weighted by molar-refractivity contribution is -0.149. The molecule has 0 spiro atoms. The van der Waals surface area contributed by atoms with Crippen LogP contribution in [0.1, 0.15) is 27.2 Å². The summed E-state index contributed by atoms with van der Waals surface area (Å²) < 4.78 is 0. The summed E-state index contributed by atoms with van der Waals surface area (Å²) in [5.74, 6) is -1.11. The summed E-state index contributed by atoms with van der Waals surface area (Å²) in [6.45, 7) is 6.04. The van der Waals surface area contributed by atoms with E-state index in [1.807, 2.05) is 25.8 Å². The third-order valence-corrected chi connectivity index (χ3v) is 2.79. The first-order chi connectivity index (χ1) is 7.31. The van der Waals surface area contributed by atoms with Gasteiger partial charge in [0.25, 0.3) is 0 Å². The van der Waals surface area contributed by atoms with E-state index in [2.05, 4.69) is 0 Å². The third kappa shape index (κ3) is 4.18. The summed E-state index contributed by atoms with van der Waals surface area (Å²) in [5.41, 5.74) is 0. The maximum atomic E-state index is 11.5. The van der Waals surface area contributed by atoms with Crippen molar-refractivity contribution < 1.29 is 14.7 Å². The van der Waals surface area contributed by atoms with Crippen molar-refractivity contribution in [1.29, 1.82) is 0 Å². The van der Waals surface area contributed by atoms with Crippen LogP contribution in [0.2, 0.25) is 0 Å². The molecule has 0 fully saturated rings. The zero-order valence-corrected chi connectivity index (χ0v) is 10.7. The van der Waals surface area contributed by atoms with E-state index in [0.717, 1.165) is 0 Å². The molecule has 0 radical (unpaired) electrons. The van der Waals surface area contributed by atoms with Crippen LogP contribution in [0.25, 0.3) is 0 Å². The number of aliphatic carboxylic acids is 1. The van der Waals surface area contributed by atoms with Crippen LogP contribution in [-0.4, -0.2) is 59.5 Å². The molecule has 1 N–H and O–H groups in total. The van der Waals surface area contributed by atoms with Gasteiger partial charge < -0.3 is 14.9 Å². The minimum absolute atomic E-state index is 0.149.